The predicted molar refractivity (Wildman–Crippen MR) is 127 cm³/mol. The second kappa shape index (κ2) is 9.62. The van der Waals surface area contributed by atoms with Crippen LogP contribution >= 0.6 is 27.3 Å². The number of carbonyl (C=O) groups excluding carboxylic acids is 3. The standard InChI is InChI=1S/C23H26BrN3O4S/c1-14-4-3-9-26(12-14)22(29)18-6-5-17(10-15(18)2)27-13-16(11-20(27)28)25-23(30)31-21-8-7-19(24)32-21/h5-8,10,14,16H,3-4,9,11-13H2,1-2H3,(H,25,30). The minimum atomic E-state index is -0.577. The van der Waals surface area contributed by atoms with Gasteiger partial charge in [-0.1, -0.05) is 18.3 Å². The smallest absolute Gasteiger partial charge is 0.399 e. The molecule has 3 amide bonds. The van der Waals surface area contributed by atoms with Gasteiger partial charge in [-0.05, 0) is 77.5 Å². The highest BCUT2D eigenvalue weighted by Crippen LogP contribution is 2.29. The van der Waals surface area contributed by atoms with Gasteiger partial charge in [0.25, 0.3) is 5.91 Å². The molecule has 0 bridgehead atoms. The number of hydrogen-bond donors (Lipinski definition) is 1. The van der Waals surface area contributed by atoms with Crippen molar-refractivity contribution < 1.29 is 19.1 Å². The fourth-order valence-corrected chi connectivity index (χ4v) is 5.49. The lowest BCUT2D eigenvalue weighted by Gasteiger charge is -2.31. The highest BCUT2D eigenvalue weighted by atomic mass is 79.9. The number of thiophene rings is 1. The zero-order chi connectivity index (χ0) is 22.8. The van der Waals surface area contributed by atoms with E-state index in [1.807, 2.05) is 30.0 Å². The van der Waals surface area contributed by atoms with Crippen molar-refractivity contribution in [3.8, 4) is 5.06 Å². The van der Waals surface area contributed by atoms with Gasteiger partial charge in [0, 0.05) is 37.3 Å². The molecule has 2 fully saturated rings. The number of nitrogens with one attached hydrogen (secondary N) is 1. The number of nitrogens with zero attached hydrogens (tertiary/aromatic N) is 2. The molecule has 4 rings (SSSR count). The quantitative estimate of drug-likeness (QED) is 0.640. The van der Waals surface area contributed by atoms with E-state index >= 15 is 0 Å². The van der Waals surface area contributed by atoms with Crippen LogP contribution in [0.5, 0.6) is 5.06 Å². The average Bonchev–Trinajstić information content (AvgIpc) is 3.32. The third kappa shape index (κ3) is 5.15. The number of anilines is 1. The van der Waals surface area contributed by atoms with Crippen molar-refractivity contribution in [2.24, 2.45) is 5.92 Å². The Morgan fingerprint density at radius 1 is 1.22 bits per heavy atom. The Balaban J connectivity index is 1.39. The number of carbonyl (C=O) groups is 3. The molecule has 1 aromatic heterocycles. The van der Waals surface area contributed by atoms with Crippen molar-refractivity contribution in [1.82, 2.24) is 10.2 Å². The molecule has 0 aliphatic carbocycles. The summed E-state index contributed by atoms with van der Waals surface area (Å²) in [5.41, 5.74) is 2.25. The van der Waals surface area contributed by atoms with Gasteiger partial charge in [-0.15, -0.1) is 0 Å². The Morgan fingerprint density at radius 2 is 2.03 bits per heavy atom. The number of amides is 3. The minimum absolute atomic E-state index is 0.0517. The molecule has 9 heteroatoms. The summed E-state index contributed by atoms with van der Waals surface area (Å²) in [6.07, 6.45) is 1.82. The van der Waals surface area contributed by atoms with Gasteiger partial charge in [0.2, 0.25) is 5.91 Å². The lowest BCUT2D eigenvalue weighted by Crippen LogP contribution is -2.39. The van der Waals surface area contributed by atoms with Gasteiger partial charge in [-0.2, -0.15) is 0 Å². The van der Waals surface area contributed by atoms with E-state index in [9.17, 15) is 14.4 Å². The van der Waals surface area contributed by atoms with Crippen molar-refractivity contribution in [2.75, 3.05) is 24.5 Å². The van der Waals surface area contributed by atoms with Gasteiger partial charge in [-0.3, -0.25) is 9.59 Å². The van der Waals surface area contributed by atoms with E-state index in [2.05, 4.69) is 28.2 Å². The van der Waals surface area contributed by atoms with Gasteiger partial charge >= 0.3 is 6.09 Å². The second-order valence-electron chi connectivity index (χ2n) is 8.50. The Bertz CT molecular complexity index is 1040. The fourth-order valence-electron chi connectivity index (χ4n) is 4.29. The Labute approximate surface area is 199 Å². The molecule has 2 atom stereocenters. The van der Waals surface area contributed by atoms with E-state index in [-0.39, 0.29) is 24.3 Å². The fraction of sp³-hybridized carbons (Fsp3) is 0.435. The summed E-state index contributed by atoms with van der Waals surface area (Å²) in [6.45, 7) is 6.01. The first-order valence-electron chi connectivity index (χ1n) is 10.7. The number of hydrogen-bond acceptors (Lipinski definition) is 5. The SMILES string of the molecule is Cc1cc(N2CC(NC(=O)Oc3ccc(Br)s3)CC2=O)ccc1C(=O)N1CCCC(C)C1. The van der Waals surface area contributed by atoms with Crippen LogP contribution in [-0.2, 0) is 4.79 Å². The number of likely N-dealkylation sites (tertiary alicyclic amines) is 1. The molecule has 2 aromatic rings. The summed E-state index contributed by atoms with van der Waals surface area (Å²) < 4.78 is 6.14. The van der Waals surface area contributed by atoms with E-state index < -0.39 is 6.09 Å². The third-order valence-corrected chi connectivity index (χ3v) is 7.39. The van der Waals surface area contributed by atoms with Crippen molar-refractivity contribution >= 4 is 50.9 Å². The summed E-state index contributed by atoms with van der Waals surface area (Å²) in [4.78, 5) is 41.3. The molecule has 1 aromatic carbocycles. The molecule has 1 N–H and O–H groups in total. The van der Waals surface area contributed by atoms with Crippen molar-refractivity contribution in [3.63, 3.8) is 0 Å². The molecule has 2 unspecified atom stereocenters. The van der Waals surface area contributed by atoms with Crippen LogP contribution in [0, 0.1) is 12.8 Å². The van der Waals surface area contributed by atoms with E-state index in [4.69, 9.17) is 4.74 Å². The highest BCUT2D eigenvalue weighted by molar-refractivity contribution is 9.11. The zero-order valence-electron chi connectivity index (χ0n) is 18.1. The molecule has 170 valence electrons. The third-order valence-electron chi connectivity index (χ3n) is 5.89. The molecule has 32 heavy (non-hydrogen) atoms. The van der Waals surface area contributed by atoms with Crippen LogP contribution in [0.3, 0.4) is 0 Å². The summed E-state index contributed by atoms with van der Waals surface area (Å²) in [5, 5.41) is 3.25. The molecule has 2 aliphatic heterocycles. The van der Waals surface area contributed by atoms with Crippen LogP contribution < -0.4 is 15.0 Å². The maximum Gasteiger partial charge on any atom is 0.413 e. The number of benzene rings is 1. The largest absolute Gasteiger partial charge is 0.413 e. The molecule has 0 radical (unpaired) electrons. The van der Waals surface area contributed by atoms with Crippen LogP contribution in [0.15, 0.2) is 34.1 Å². The Hall–Kier alpha value is -2.39. The highest BCUT2D eigenvalue weighted by Gasteiger charge is 2.33. The molecule has 0 saturated carbocycles. The monoisotopic (exact) mass is 519 g/mol. The lowest BCUT2D eigenvalue weighted by atomic mass is 9.98. The summed E-state index contributed by atoms with van der Waals surface area (Å²) in [5.74, 6) is 0.500. The molecule has 0 spiro atoms. The van der Waals surface area contributed by atoms with Crippen LogP contribution in [-0.4, -0.2) is 48.5 Å². The maximum absolute atomic E-state index is 13.0. The van der Waals surface area contributed by atoms with Gasteiger partial charge in [0.05, 0.1) is 9.83 Å². The topological polar surface area (TPSA) is 79.0 Å². The Morgan fingerprint density at radius 3 is 2.72 bits per heavy atom. The molecule has 7 nitrogen and oxygen atoms in total. The van der Waals surface area contributed by atoms with E-state index in [0.29, 0.717) is 23.1 Å². The summed E-state index contributed by atoms with van der Waals surface area (Å²) >= 11 is 4.64. The van der Waals surface area contributed by atoms with Crippen molar-refractivity contribution in [2.45, 2.75) is 39.2 Å². The Kier molecular flexibility index (Phi) is 6.85. The molecular weight excluding hydrogens is 494 g/mol. The molecule has 2 saturated heterocycles. The van der Waals surface area contributed by atoms with Crippen LogP contribution in [0.1, 0.15) is 42.1 Å². The van der Waals surface area contributed by atoms with Crippen molar-refractivity contribution in [1.29, 1.82) is 0 Å². The normalized spacial score (nSPS) is 21.0. The lowest BCUT2D eigenvalue weighted by molar-refractivity contribution is -0.117. The molecule has 3 heterocycles. The van der Waals surface area contributed by atoms with Gasteiger partial charge in [0.1, 0.15) is 0 Å². The van der Waals surface area contributed by atoms with Gasteiger partial charge in [-0.25, -0.2) is 4.79 Å². The van der Waals surface area contributed by atoms with E-state index in [1.54, 1.807) is 17.0 Å². The van der Waals surface area contributed by atoms with E-state index in [1.165, 1.54) is 11.3 Å². The minimum Gasteiger partial charge on any atom is -0.399 e. The van der Waals surface area contributed by atoms with Gasteiger partial charge in [0.15, 0.2) is 5.06 Å². The van der Waals surface area contributed by atoms with Crippen LogP contribution in [0.2, 0.25) is 0 Å². The van der Waals surface area contributed by atoms with Crippen LogP contribution in [0.4, 0.5) is 10.5 Å². The number of rotatable bonds is 4. The van der Waals surface area contributed by atoms with Crippen LogP contribution in [0.25, 0.3) is 0 Å². The molecule has 2 aliphatic rings. The zero-order valence-corrected chi connectivity index (χ0v) is 20.5. The number of piperidine rings is 1. The van der Waals surface area contributed by atoms with E-state index in [0.717, 1.165) is 41.0 Å². The summed E-state index contributed by atoms with van der Waals surface area (Å²) in [6, 6.07) is 8.67. The first kappa shape index (κ1) is 22.8. The number of aryl methyl sites for hydroxylation is 1. The number of halogens is 1. The average molecular weight is 520 g/mol. The summed E-state index contributed by atoms with van der Waals surface area (Å²) in [7, 11) is 0. The first-order chi connectivity index (χ1) is 15.3. The predicted octanol–water partition coefficient (Wildman–Crippen LogP) is 4.59. The van der Waals surface area contributed by atoms with Gasteiger partial charge < -0.3 is 19.9 Å². The number of ether oxygens (including phenoxy) is 1. The maximum atomic E-state index is 13.0. The molecular formula is C23H26BrN3O4S. The first-order valence-corrected chi connectivity index (χ1v) is 12.3. The van der Waals surface area contributed by atoms with Crippen molar-refractivity contribution in [3.05, 3.63) is 45.2 Å². The second-order valence-corrected chi connectivity index (χ2v) is 10.9.